The van der Waals surface area contributed by atoms with Crippen LogP contribution < -0.4 is 16.0 Å². The van der Waals surface area contributed by atoms with Gasteiger partial charge in [-0.3, -0.25) is 15.4 Å². The summed E-state index contributed by atoms with van der Waals surface area (Å²) in [4.78, 5) is 30.3. The lowest BCUT2D eigenvalue weighted by Crippen LogP contribution is -2.61. The second-order valence-corrected chi connectivity index (χ2v) is 8.57. The molecule has 3 amide bonds. The number of anilines is 2. The number of rotatable bonds is 3. The van der Waals surface area contributed by atoms with Crippen LogP contribution >= 0.6 is 11.3 Å². The number of nitrogens with zero attached hydrogens (tertiary/aromatic N) is 2. The summed E-state index contributed by atoms with van der Waals surface area (Å²) in [5.41, 5.74) is -2.39. The Kier molecular flexibility index (Phi) is 5.97. The van der Waals surface area contributed by atoms with E-state index >= 15 is 0 Å². The Balaban J connectivity index is 1.63. The summed E-state index contributed by atoms with van der Waals surface area (Å²) in [5, 5.41) is 7.60. The van der Waals surface area contributed by atoms with Crippen LogP contribution in [0, 0.1) is 5.82 Å². The summed E-state index contributed by atoms with van der Waals surface area (Å²) in [6.45, 7) is 0.233. The predicted octanol–water partition coefficient (Wildman–Crippen LogP) is 4.29. The molecule has 1 aliphatic rings. The zero-order chi connectivity index (χ0) is 23.8. The van der Waals surface area contributed by atoms with Gasteiger partial charge in [-0.25, -0.2) is 14.2 Å². The van der Waals surface area contributed by atoms with E-state index in [0.29, 0.717) is 22.3 Å². The molecule has 0 radical (unpaired) electrons. The largest absolute Gasteiger partial charge is 0.419 e. The minimum Gasteiger partial charge on any atom is -0.343 e. The van der Waals surface area contributed by atoms with Gasteiger partial charge in [0.05, 0.1) is 10.2 Å². The van der Waals surface area contributed by atoms with Crippen molar-refractivity contribution >= 4 is 44.3 Å². The lowest BCUT2D eigenvalue weighted by molar-refractivity contribution is -0.206. The fourth-order valence-corrected chi connectivity index (χ4v) is 4.57. The Morgan fingerprint density at radius 2 is 1.91 bits per heavy atom. The van der Waals surface area contributed by atoms with Gasteiger partial charge in [0.25, 0.3) is 5.91 Å². The zero-order valence-corrected chi connectivity index (χ0v) is 18.1. The van der Waals surface area contributed by atoms with Crippen LogP contribution in [0.15, 0.2) is 42.5 Å². The quantitative estimate of drug-likeness (QED) is 0.488. The second kappa shape index (κ2) is 8.60. The Morgan fingerprint density at radius 3 is 2.61 bits per heavy atom. The molecule has 1 fully saturated rings. The van der Waals surface area contributed by atoms with Crippen molar-refractivity contribution in [3.8, 4) is 0 Å². The number of carbonyl (C=O) groups excluding carboxylic acids is 2. The molecular weight excluding hydrogens is 462 g/mol. The van der Waals surface area contributed by atoms with Gasteiger partial charge in [-0.2, -0.15) is 13.2 Å². The van der Waals surface area contributed by atoms with Crippen molar-refractivity contribution in [2.24, 2.45) is 0 Å². The van der Waals surface area contributed by atoms with E-state index in [1.165, 1.54) is 49.5 Å². The number of aromatic nitrogens is 1. The van der Waals surface area contributed by atoms with Crippen molar-refractivity contribution in [1.82, 2.24) is 15.2 Å². The van der Waals surface area contributed by atoms with Gasteiger partial charge in [-0.05, 0) is 54.9 Å². The number of carbonyl (C=O) groups is 2. The first kappa shape index (κ1) is 22.9. The maximum Gasteiger partial charge on any atom is 0.419 e. The monoisotopic (exact) mass is 481 g/mol. The second-order valence-electron chi connectivity index (χ2n) is 7.54. The van der Waals surface area contributed by atoms with Gasteiger partial charge in [0.15, 0.2) is 5.13 Å². The van der Waals surface area contributed by atoms with Gasteiger partial charge in [-0.1, -0.05) is 17.4 Å². The van der Waals surface area contributed by atoms with Crippen molar-refractivity contribution in [3.05, 3.63) is 53.8 Å². The molecule has 1 saturated heterocycles. The molecule has 1 aromatic heterocycles. The third kappa shape index (κ3) is 4.35. The van der Waals surface area contributed by atoms with E-state index in [1.807, 2.05) is 0 Å². The van der Waals surface area contributed by atoms with Crippen LogP contribution in [0.2, 0.25) is 0 Å². The molecule has 1 atom stereocenters. The number of hydrogen-bond acceptors (Lipinski definition) is 5. The van der Waals surface area contributed by atoms with Crippen LogP contribution in [0.5, 0.6) is 0 Å². The first-order valence-corrected chi connectivity index (χ1v) is 10.7. The molecule has 2 aromatic carbocycles. The topological polar surface area (TPSA) is 86.4 Å². The highest BCUT2D eigenvalue weighted by molar-refractivity contribution is 7.22. The Morgan fingerprint density at radius 1 is 1.18 bits per heavy atom. The van der Waals surface area contributed by atoms with Crippen molar-refractivity contribution in [2.75, 3.05) is 30.8 Å². The van der Waals surface area contributed by atoms with Gasteiger partial charge in [0.1, 0.15) is 5.82 Å². The van der Waals surface area contributed by atoms with Gasteiger partial charge >= 0.3 is 12.2 Å². The molecule has 0 bridgehead atoms. The highest BCUT2D eigenvalue weighted by Gasteiger charge is 2.62. The molecule has 7 nitrogen and oxygen atoms in total. The summed E-state index contributed by atoms with van der Waals surface area (Å²) in [6, 6.07) is 8.37. The van der Waals surface area contributed by atoms with Crippen molar-refractivity contribution in [3.63, 3.8) is 0 Å². The van der Waals surface area contributed by atoms with Crippen LogP contribution in [0.1, 0.15) is 12.0 Å². The molecular formula is C21H19F4N5O2S. The number of nitrogens with one attached hydrogen (secondary N) is 3. The molecule has 33 heavy (non-hydrogen) atoms. The van der Waals surface area contributed by atoms with Gasteiger partial charge in [-0.15, -0.1) is 0 Å². The molecule has 1 unspecified atom stereocenters. The average Bonchev–Trinajstić information content (AvgIpc) is 3.07. The number of benzene rings is 2. The fraction of sp³-hybridized carbons (Fsp3) is 0.286. The van der Waals surface area contributed by atoms with E-state index in [2.05, 4.69) is 20.9 Å². The number of urea groups is 1. The Labute approximate surface area is 189 Å². The summed E-state index contributed by atoms with van der Waals surface area (Å²) in [5.74, 6) is -1.53. The van der Waals surface area contributed by atoms with Crippen LogP contribution in [0.25, 0.3) is 10.2 Å². The number of halogens is 4. The van der Waals surface area contributed by atoms with Gasteiger partial charge in [0.2, 0.25) is 5.54 Å². The predicted molar refractivity (Wildman–Crippen MR) is 117 cm³/mol. The van der Waals surface area contributed by atoms with Crippen LogP contribution in [0.3, 0.4) is 0 Å². The molecule has 4 rings (SSSR count). The molecule has 12 heteroatoms. The fourth-order valence-electron chi connectivity index (χ4n) is 3.67. The van der Waals surface area contributed by atoms with Gasteiger partial charge in [0, 0.05) is 19.3 Å². The molecule has 3 N–H and O–H groups in total. The maximum absolute atomic E-state index is 14.3. The van der Waals surface area contributed by atoms with Crippen molar-refractivity contribution < 1.29 is 27.2 Å². The summed E-state index contributed by atoms with van der Waals surface area (Å²) in [7, 11) is 1.35. The number of amides is 3. The lowest BCUT2D eigenvalue weighted by atomic mass is 9.87. The van der Waals surface area contributed by atoms with E-state index in [-0.39, 0.29) is 23.8 Å². The number of alkyl halides is 3. The minimum absolute atomic E-state index is 0.0205. The molecule has 0 saturated carbocycles. The minimum atomic E-state index is -4.88. The van der Waals surface area contributed by atoms with Crippen molar-refractivity contribution in [1.29, 1.82) is 0 Å². The highest BCUT2D eigenvalue weighted by Crippen LogP contribution is 2.43. The molecule has 0 aliphatic carbocycles. The third-order valence-electron chi connectivity index (χ3n) is 5.30. The molecule has 0 spiro atoms. The SMILES string of the molecule is CN1CCCNC(c2ccc3nc(NC(=O)Nc4ccc(F)cc4)sc3c2)(C(F)(F)F)C1=O. The van der Waals surface area contributed by atoms with Gasteiger partial charge < -0.3 is 10.2 Å². The summed E-state index contributed by atoms with van der Waals surface area (Å²) >= 11 is 0.970. The van der Waals surface area contributed by atoms with E-state index in [1.54, 1.807) is 0 Å². The van der Waals surface area contributed by atoms with E-state index < -0.39 is 29.5 Å². The first-order valence-electron chi connectivity index (χ1n) is 9.92. The first-order chi connectivity index (χ1) is 15.6. The normalized spacial score (nSPS) is 19.4. The van der Waals surface area contributed by atoms with Crippen molar-refractivity contribution in [2.45, 2.75) is 18.1 Å². The van der Waals surface area contributed by atoms with E-state index in [0.717, 1.165) is 16.2 Å². The number of fused-ring (bicyclic) bond motifs is 1. The smallest absolute Gasteiger partial charge is 0.343 e. The molecule has 1 aliphatic heterocycles. The molecule has 174 valence electrons. The average molecular weight is 481 g/mol. The summed E-state index contributed by atoms with van der Waals surface area (Å²) < 4.78 is 56.2. The third-order valence-corrected chi connectivity index (χ3v) is 6.23. The maximum atomic E-state index is 14.3. The van der Waals surface area contributed by atoms with E-state index in [4.69, 9.17) is 0 Å². The number of hydrogen-bond donors (Lipinski definition) is 3. The lowest BCUT2D eigenvalue weighted by Gasteiger charge is -2.36. The summed E-state index contributed by atoms with van der Waals surface area (Å²) in [6.07, 6.45) is -4.49. The van der Waals surface area contributed by atoms with E-state index in [9.17, 15) is 27.2 Å². The standard InChI is InChI=1S/C21H19F4N5O2S/c1-30-10-2-9-26-20(17(30)31,21(23,24)25)12-3-8-15-16(11-12)33-19(28-15)29-18(32)27-14-6-4-13(22)5-7-14/h3-8,11,26H,2,9-10H2,1H3,(H2,27,28,29,32). The number of thiazole rings is 1. The molecule has 2 heterocycles. The van der Waals surface area contributed by atoms with Crippen LogP contribution in [0.4, 0.5) is 33.2 Å². The Hall–Kier alpha value is -3.25. The highest BCUT2D eigenvalue weighted by atomic mass is 32.1. The molecule has 3 aromatic rings. The van der Waals surface area contributed by atoms with Crippen LogP contribution in [-0.4, -0.2) is 48.1 Å². The zero-order valence-electron chi connectivity index (χ0n) is 17.3. The Bertz CT molecular complexity index is 1200. The van der Waals surface area contributed by atoms with Crippen LogP contribution in [-0.2, 0) is 10.3 Å². The number of likely N-dealkylation sites (N-methyl/N-ethyl adjacent to an activating group) is 1.